The number of hydrogen-bond donors (Lipinski definition) is 3. The van der Waals surface area contributed by atoms with Crippen LogP contribution in [0.2, 0.25) is 0 Å². The number of carbonyl (C=O) groups excluding carboxylic acids is 1. The van der Waals surface area contributed by atoms with Crippen molar-refractivity contribution in [2.24, 2.45) is 16.6 Å². The molecule has 180 valence electrons. The molecule has 0 bridgehead atoms. The zero-order valence-corrected chi connectivity index (χ0v) is 19.4. The summed E-state index contributed by atoms with van der Waals surface area (Å²) in [7, 11) is 0. The number of benzene rings is 1. The monoisotopic (exact) mass is 488 g/mol. The molecule has 6 nitrogen and oxygen atoms in total. The maximum absolute atomic E-state index is 13.2. The maximum Gasteiger partial charge on any atom is 0.434 e. The van der Waals surface area contributed by atoms with Gasteiger partial charge < -0.3 is 16.0 Å². The number of alkyl halides is 3. The molecule has 1 aromatic carbocycles. The third kappa shape index (κ3) is 6.20. The first-order valence-corrected chi connectivity index (χ1v) is 10.6. The van der Waals surface area contributed by atoms with Crippen molar-refractivity contribution in [3.63, 3.8) is 0 Å². The van der Waals surface area contributed by atoms with Gasteiger partial charge in [-0.25, -0.2) is 4.39 Å². The van der Waals surface area contributed by atoms with Crippen LogP contribution in [0.25, 0.3) is 0 Å². The Kier molecular flexibility index (Phi) is 8.42. The molecule has 11 heteroatoms. The van der Waals surface area contributed by atoms with Gasteiger partial charge in [-0.1, -0.05) is 25.4 Å². The number of allylic oxidation sites excluding steroid dienone is 3. The molecule has 0 radical (unpaired) electrons. The van der Waals surface area contributed by atoms with Gasteiger partial charge in [0.05, 0.1) is 17.1 Å². The molecule has 0 saturated carbocycles. The van der Waals surface area contributed by atoms with E-state index in [1.807, 2.05) is 13.8 Å². The zero-order valence-electron chi connectivity index (χ0n) is 18.7. The lowest BCUT2D eigenvalue weighted by molar-refractivity contribution is -0.629. The lowest BCUT2D eigenvalue weighted by Crippen LogP contribution is -2.89. The van der Waals surface area contributed by atoms with Gasteiger partial charge in [-0.05, 0) is 37.1 Å². The van der Waals surface area contributed by atoms with Gasteiger partial charge in [0.15, 0.2) is 11.8 Å². The van der Waals surface area contributed by atoms with Crippen molar-refractivity contribution >= 4 is 34.6 Å². The van der Waals surface area contributed by atoms with E-state index in [0.29, 0.717) is 23.5 Å². The number of rotatable bonds is 7. The molecule has 1 aliphatic rings. The number of hydrogen-bond acceptors (Lipinski definition) is 4. The van der Waals surface area contributed by atoms with E-state index < -0.39 is 28.8 Å². The van der Waals surface area contributed by atoms with Crippen molar-refractivity contribution in [1.29, 1.82) is 5.41 Å². The Morgan fingerprint density at radius 2 is 1.91 bits per heavy atom. The summed E-state index contributed by atoms with van der Waals surface area (Å²) in [5, 5.41) is 7.80. The van der Waals surface area contributed by atoms with Crippen LogP contribution in [0.5, 0.6) is 0 Å². The van der Waals surface area contributed by atoms with Crippen molar-refractivity contribution < 1.29 is 27.7 Å². The van der Waals surface area contributed by atoms with E-state index in [0.717, 1.165) is 0 Å². The zero-order chi connectivity index (χ0) is 25.1. The van der Waals surface area contributed by atoms with Crippen LogP contribution < -0.4 is 11.1 Å². The number of likely N-dealkylation sites (tertiary alicyclic amines) is 1. The molecule has 1 heterocycles. The van der Waals surface area contributed by atoms with Gasteiger partial charge in [-0.3, -0.25) is 15.2 Å². The third-order valence-electron chi connectivity index (χ3n) is 5.19. The second kappa shape index (κ2) is 10.5. The number of aliphatic imine (C=N–C) groups is 1. The van der Waals surface area contributed by atoms with Crippen LogP contribution in [0.15, 0.2) is 51.9 Å². The molecule has 5 N–H and O–H groups in total. The molecule has 2 atom stereocenters. The van der Waals surface area contributed by atoms with Crippen LogP contribution in [-0.4, -0.2) is 40.5 Å². The van der Waals surface area contributed by atoms with Crippen LogP contribution in [0, 0.1) is 17.1 Å². The van der Waals surface area contributed by atoms with E-state index in [9.17, 15) is 22.4 Å². The SMILES string of the molecule is CC([NH2+]C1CC(C)N(C(=CN)C(=Nc2ccc(F)cc2)C(C)C)C1=O)=C(Cl)C(=N)C(F)(F)F. The minimum Gasteiger partial charge on any atom is -0.403 e. The molecule has 1 fully saturated rings. The molecule has 2 unspecified atom stereocenters. The highest BCUT2D eigenvalue weighted by atomic mass is 35.5. The largest absolute Gasteiger partial charge is 0.434 e. The number of quaternary nitrogens is 1. The quantitative estimate of drug-likeness (QED) is 0.400. The molecule has 1 amide bonds. The fraction of sp³-hybridized carbons (Fsp3) is 0.409. The van der Waals surface area contributed by atoms with E-state index in [2.05, 4.69) is 4.99 Å². The van der Waals surface area contributed by atoms with Gasteiger partial charge in [0.25, 0.3) is 5.91 Å². The van der Waals surface area contributed by atoms with Gasteiger partial charge >= 0.3 is 6.18 Å². The Morgan fingerprint density at radius 1 is 1.33 bits per heavy atom. The van der Waals surface area contributed by atoms with Crippen LogP contribution in [-0.2, 0) is 4.79 Å². The Balaban J connectivity index is 2.34. The highest BCUT2D eigenvalue weighted by Gasteiger charge is 2.44. The molecule has 0 spiro atoms. The summed E-state index contributed by atoms with van der Waals surface area (Å²) in [5.41, 5.74) is 5.58. The number of carbonyl (C=O) groups is 1. The molecule has 1 saturated heterocycles. The standard InChI is InChI=1S/C22H26ClF4N5O/c1-11(2)19(31-15-7-5-14(24)6-8-15)17(10-28)32-12(3)9-16(21(32)33)30-13(4)18(23)20(29)22(25,26)27/h5-8,10-12,16,29-30H,9,28H2,1-4H3/p+1. The Morgan fingerprint density at radius 3 is 2.39 bits per heavy atom. The lowest BCUT2D eigenvalue weighted by Gasteiger charge is -2.26. The minimum absolute atomic E-state index is 0.00580. The van der Waals surface area contributed by atoms with E-state index in [4.69, 9.17) is 22.7 Å². The molecule has 0 aromatic heterocycles. The maximum atomic E-state index is 13.2. The van der Waals surface area contributed by atoms with Crippen molar-refractivity contribution in [2.75, 3.05) is 0 Å². The van der Waals surface area contributed by atoms with E-state index in [1.165, 1.54) is 47.6 Å². The van der Waals surface area contributed by atoms with Gasteiger partial charge in [0, 0.05) is 25.6 Å². The molecule has 0 aliphatic carbocycles. The van der Waals surface area contributed by atoms with Crippen LogP contribution in [0.4, 0.5) is 23.2 Å². The second-order valence-corrected chi connectivity index (χ2v) is 8.49. The van der Waals surface area contributed by atoms with Gasteiger partial charge in [0.1, 0.15) is 16.5 Å². The average Bonchev–Trinajstić information content (AvgIpc) is 3.00. The highest BCUT2D eigenvalue weighted by molar-refractivity contribution is 6.44. The van der Waals surface area contributed by atoms with Gasteiger partial charge in [-0.15, -0.1) is 0 Å². The van der Waals surface area contributed by atoms with Gasteiger partial charge in [-0.2, -0.15) is 13.2 Å². The summed E-state index contributed by atoms with van der Waals surface area (Å²) >= 11 is 5.75. The van der Waals surface area contributed by atoms with Crippen molar-refractivity contribution in [3.8, 4) is 0 Å². The number of nitrogens with two attached hydrogens (primary N) is 2. The van der Waals surface area contributed by atoms with Crippen molar-refractivity contribution in [1.82, 2.24) is 4.90 Å². The number of nitrogens with one attached hydrogen (secondary N) is 1. The highest BCUT2D eigenvalue weighted by Crippen LogP contribution is 2.28. The van der Waals surface area contributed by atoms with E-state index >= 15 is 0 Å². The second-order valence-electron chi connectivity index (χ2n) is 8.12. The third-order valence-corrected chi connectivity index (χ3v) is 5.68. The topological polar surface area (TPSA) is 99.2 Å². The smallest absolute Gasteiger partial charge is 0.403 e. The summed E-state index contributed by atoms with van der Waals surface area (Å²) in [6.45, 7) is 6.87. The summed E-state index contributed by atoms with van der Waals surface area (Å²) in [5.74, 6) is -0.915. The van der Waals surface area contributed by atoms with E-state index in [1.54, 1.807) is 6.92 Å². The Bertz CT molecular complexity index is 999. The predicted molar refractivity (Wildman–Crippen MR) is 120 cm³/mol. The van der Waals surface area contributed by atoms with Crippen molar-refractivity contribution in [3.05, 3.63) is 52.7 Å². The molecule has 2 rings (SSSR count). The van der Waals surface area contributed by atoms with Crippen molar-refractivity contribution in [2.45, 2.75) is 52.4 Å². The first-order chi connectivity index (χ1) is 15.3. The lowest BCUT2D eigenvalue weighted by atomic mass is 10.0. The minimum atomic E-state index is -4.89. The summed E-state index contributed by atoms with van der Waals surface area (Å²) in [4.78, 5) is 19.3. The predicted octanol–water partition coefficient (Wildman–Crippen LogP) is 3.96. The van der Waals surface area contributed by atoms with Crippen LogP contribution in [0.1, 0.15) is 34.1 Å². The first-order valence-electron chi connectivity index (χ1n) is 10.2. The Hall–Kier alpha value is -2.72. The first kappa shape index (κ1) is 26.5. The van der Waals surface area contributed by atoms with Crippen LogP contribution >= 0.6 is 11.6 Å². The number of halogens is 5. The average molecular weight is 489 g/mol. The number of nitrogens with zero attached hydrogens (tertiary/aromatic N) is 2. The fourth-order valence-electron chi connectivity index (χ4n) is 3.59. The summed E-state index contributed by atoms with van der Waals surface area (Å²) in [6.07, 6.45) is -3.29. The molecular weight excluding hydrogens is 462 g/mol. The normalized spacial score (nSPS) is 21.0. The molecule has 1 aliphatic heterocycles. The molecule has 33 heavy (non-hydrogen) atoms. The fourth-order valence-corrected chi connectivity index (χ4v) is 3.76. The van der Waals surface area contributed by atoms with E-state index in [-0.39, 0.29) is 23.6 Å². The Labute approximate surface area is 194 Å². The summed E-state index contributed by atoms with van der Waals surface area (Å²) < 4.78 is 51.7. The number of amides is 1. The molecule has 1 aromatic rings. The van der Waals surface area contributed by atoms with Crippen LogP contribution in [0.3, 0.4) is 0 Å². The summed E-state index contributed by atoms with van der Waals surface area (Å²) in [6, 6.07) is 4.49. The molecular formula is C22H27ClF4N5O+. The van der Waals surface area contributed by atoms with Gasteiger partial charge in [0.2, 0.25) is 0 Å².